The maximum atomic E-state index is 11.6. The molecule has 0 fully saturated rings. The van der Waals surface area contributed by atoms with E-state index in [4.69, 9.17) is 5.73 Å². The highest BCUT2D eigenvalue weighted by Gasteiger charge is 2.18. The Kier molecular flexibility index (Phi) is 5.29. The molecule has 132 valence electrons. The van der Waals surface area contributed by atoms with E-state index < -0.39 is 5.91 Å². The molecule has 0 aliphatic heterocycles. The van der Waals surface area contributed by atoms with Crippen LogP contribution in [0.4, 0.5) is 0 Å². The number of pyridine rings is 2. The summed E-state index contributed by atoms with van der Waals surface area (Å²) in [6, 6.07) is 7.36. The molecule has 26 heavy (non-hydrogen) atoms. The molecule has 0 aliphatic carbocycles. The van der Waals surface area contributed by atoms with Gasteiger partial charge in [-0.3, -0.25) is 9.78 Å². The third-order valence-corrected chi connectivity index (χ3v) is 4.62. The lowest BCUT2D eigenvalue weighted by atomic mass is 10.2. The van der Waals surface area contributed by atoms with Crippen LogP contribution in [0.2, 0.25) is 0 Å². The normalized spacial score (nSPS) is 10.4. The predicted octanol–water partition coefficient (Wildman–Crippen LogP) is 2.80. The Hall–Kier alpha value is -2.78. The molecule has 0 bridgehead atoms. The first-order valence-corrected chi connectivity index (χ1v) is 9.29. The summed E-state index contributed by atoms with van der Waals surface area (Å²) in [6.07, 6.45) is 7.04. The number of aryl methyl sites for hydroxylation is 1. The Morgan fingerprint density at radius 1 is 1.23 bits per heavy atom. The molecule has 4 heterocycles. The quantitative estimate of drug-likeness (QED) is 0.529. The predicted molar refractivity (Wildman–Crippen MR) is 106 cm³/mol. The van der Waals surface area contributed by atoms with Crippen LogP contribution in [0.15, 0.2) is 42.9 Å². The summed E-state index contributed by atoms with van der Waals surface area (Å²) < 4.78 is 1.94. The number of nitrogens with two attached hydrogens (primary N) is 1. The fraction of sp³-hybridized carbons (Fsp3) is 0.118. The third-order valence-electron chi connectivity index (χ3n) is 3.64. The van der Waals surface area contributed by atoms with Gasteiger partial charge >= 0.3 is 0 Å². The molecule has 0 aliphatic rings. The maximum absolute atomic E-state index is 11.6. The second-order valence-corrected chi connectivity index (χ2v) is 6.22. The molecule has 9 heteroatoms. The fourth-order valence-corrected chi connectivity index (χ4v) is 3.35. The van der Waals surface area contributed by atoms with E-state index in [9.17, 15) is 4.79 Å². The summed E-state index contributed by atoms with van der Waals surface area (Å²) in [7, 11) is 1.92. The van der Waals surface area contributed by atoms with E-state index in [1.165, 1.54) is 11.3 Å². The van der Waals surface area contributed by atoms with Crippen molar-refractivity contribution in [2.75, 3.05) is 6.26 Å². The highest BCUT2D eigenvalue weighted by molar-refractivity contribution is 7.79. The van der Waals surface area contributed by atoms with Crippen molar-refractivity contribution in [3.05, 3.63) is 48.5 Å². The van der Waals surface area contributed by atoms with E-state index in [1.54, 1.807) is 24.7 Å². The average Bonchev–Trinajstić information content (AvgIpc) is 3.31. The van der Waals surface area contributed by atoms with Crippen LogP contribution in [0, 0.1) is 0 Å². The number of fused-ring (bicyclic) bond motifs is 1. The zero-order valence-corrected chi connectivity index (χ0v) is 15.8. The molecule has 0 spiro atoms. The Bertz CT molecular complexity index is 1060. The SMILES string of the molecule is CS.Cn1ccc2cc(C(N)=O)nc(-c3nnc(-c4cccnc4)s3)c21. The van der Waals surface area contributed by atoms with Gasteiger partial charge in [0, 0.05) is 36.6 Å². The number of hydrogen-bond acceptors (Lipinski definition) is 7. The molecule has 7 nitrogen and oxygen atoms in total. The van der Waals surface area contributed by atoms with Gasteiger partial charge in [0.2, 0.25) is 0 Å². The molecule has 4 aromatic rings. The number of aromatic nitrogens is 5. The molecule has 4 rings (SSSR count). The highest BCUT2D eigenvalue weighted by atomic mass is 32.1. The van der Waals surface area contributed by atoms with Crippen molar-refractivity contribution < 1.29 is 4.79 Å². The summed E-state index contributed by atoms with van der Waals surface area (Å²) in [6.45, 7) is 0. The molecule has 0 unspecified atom stereocenters. The van der Waals surface area contributed by atoms with Gasteiger partial charge in [0.05, 0.1) is 5.52 Å². The van der Waals surface area contributed by atoms with Crippen molar-refractivity contribution in [1.29, 1.82) is 0 Å². The molecule has 0 aromatic carbocycles. The molecule has 4 aromatic heterocycles. The van der Waals surface area contributed by atoms with E-state index in [-0.39, 0.29) is 5.69 Å². The first-order chi connectivity index (χ1) is 12.6. The minimum atomic E-state index is -0.570. The van der Waals surface area contributed by atoms with Crippen LogP contribution in [0.1, 0.15) is 10.5 Å². The van der Waals surface area contributed by atoms with Gasteiger partial charge in [0.15, 0.2) is 5.01 Å². The van der Waals surface area contributed by atoms with E-state index >= 15 is 0 Å². The van der Waals surface area contributed by atoms with Crippen molar-refractivity contribution >= 4 is 40.8 Å². The summed E-state index contributed by atoms with van der Waals surface area (Å²) in [5.74, 6) is -0.570. The standard InChI is InChI=1S/C16H12N6OS.CH4S/c1-22-6-4-9-7-11(14(17)23)19-12(13(9)22)16-21-20-15(24-16)10-3-2-5-18-8-10;1-2/h2-8H,1H3,(H2,17,23);2H,1H3. The van der Waals surface area contributed by atoms with E-state index in [1.807, 2.05) is 36.0 Å². The van der Waals surface area contributed by atoms with Gasteiger partial charge in [-0.25, -0.2) is 4.98 Å². The topological polar surface area (TPSA) is 99.6 Å². The molecule has 2 N–H and O–H groups in total. The zero-order chi connectivity index (χ0) is 18.7. The van der Waals surface area contributed by atoms with Crippen LogP contribution in [0.5, 0.6) is 0 Å². The molecule has 0 saturated carbocycles. The zero-order valence-electron chi connectivity index (χ0n) is 14.1. The van der Waals surface area contributed by atoms with Crippen LogP contribution >= 0.6 is 24.0 Å². The lowest BCUT2D eigenvalue weighted by Gasteiger charge is -2.04. The van der Waals surface area contributed by atoms with Gasteiger partial charge < -0.3 is 10.3 Å². The molecular formula is C17H16N6OS2. The van der Waals surface area contributed by atoms with E-state index in [0.717, 1.165) is 21.5 Å². The van der Waals surface area contributed by atoms with Crippen molar-refractivity contribution in [2.45, 2.75) is 0 Å². The molecular weight excluding hydrogens is 368 g/mol. The van der Waals surface area contributed by atoms with Crippen LogP contribution < -0.4 is 5.73 Å². The van der Waals surface area contributed by atoms with Crippen molar-refractivity contribution in [3.8, 4) is 21.3 Å². The minimum Gasteiger partial charge on any atom is -0.364 e. The van der Waals surface area contributed by atoms with Gasteiger partial charge in [-0.2, -0.15) is 12.6 Å². The second-order valence-electron chi connectivity index (χ2n) is 5.24. The largest absolute Gasteiger partial charge is 0.364 e. The van der Waals surface area contributed by atoms with Gasteiger partial charge in [0.25, 0.3) is 5.91 Å². The number of carbonyl (C=O) groups excluding carboxylic acids is 1. The summed E-state index contributed by atoms with van der Waals surface area (Å²) in [5, 5.41) is 10.7. The summed E-state index contributed by atoms with van der Waals surface area (Å²) >= 11 is 4.92. The lowest BCUT2D eigenvalue weighted by molar-refractivity contribution is 0.0996. The van der Waals surface area contributed by atoms with Gasteiger partial charge in [-0.15, -0.1) is 10.2 Å². The number of hydrogen-bond donors (Lipinski definition) is 2. The minimum absolute atomic E-state index is 0.210. The van der Waals surface area contributed by atoms with Gasteiger partial charge in [-0.05, 0) is 30.5 Å². The number of amides is 1. The number of thiol groups is 1. The molecule has 0 saturated heterocycles. The Morgan fingerprint density at radius 2 is 2.00 bits per heavy atom. The lowest BCUT2D eigenvalue weighted by Crippen LogP contribution is -2.13. The first-order valence-electron chi connectivity index (χ1n) is 7.58. The average molecular weight is 384 g/mol. The third kappa shape index (κ3) is 3.31. The van der Waals surface area contributed by atoms with Crippen LogP contribution in [-0.4, -0.2) is 36.9 Å². The van der Waals surface area contributed by atoms with E-state index in [2.05, 4.69) is 32.8 Å². The van der Waals surface area contributed by atoms with E-state index in [0.29, 0.717) is 10.7 Å². The van der Waals surface area contributed by atoms with Gasteiger partial charge in [-0.1, -0.05) is 11.3 Å². The van der Waals surface area contributed by atoms with Crippen molar-refractivity contribution in [3.63, 3.8) is 0 Å². The molecule has 0 atom stereocenters. The monoisotopic (exact) mass is 384 g/mol. The van der Waals surface area contributed by atoms with Crippen LogP contribution in [0.3, 0.4) is 0 Å². The number of carbonyl (C=O) groups is 1. The Balaban J connectivity index is 0.000000948. The highest BCUT2D eigenvalue weighted by Crippen LogP contribution is 2.33. The van der Waals surface area contributed by atoms with Crippen LogP contribution in [-0.2, 0) is 7.05 Å². The maximum Gasteiger partial charge on any atom is 0.267 e. The smallest absolute Gasteiger partial charge is 0.267 e. The van der Waals surface area contributed by atoms with Gasteiger partial charge in [0.1, 0.15) is 16.4 Å². The molecule has 0 radical (unpaired) electrons. The summed E-state index contributed by atoms with van der Waals surface area (Å²) in [5.41, 5.74) is 7.98. The number of rotatable bonds is 3. The van der Waals surface area contributed by atoms with Crippen LogP contribution in [0.25, 0.3) is 32.2 Å². The van der Waals surface area contributed by atoms with Crippen molar-refractivity contribution in [2.24, 2.45) is 12.8 Å². The summed E-state index contributed by atoms with van der Waals surface area (Å²) in [4.78, 5) is 20.1. The first kappa shape index (κ1) is 18.0. The number of nitrogens with zero attached hydrogens (tertiary/aromatic N) is 5. The second kappa shape index (κ2) is 7.63. The van der Waals surface area contributed by atoms with Crippen molar-refractivity contribution in [1.82, 2.24) is 24.7 Å². The fourth-order valence-electron chi connectivity index (χ4n) is 2.52. The molecule has 1 amide bonds. The number of primary amides is 1. The Morgan fingerprint density at radius 3 is 2.69 bits per heavy atom. The Labute approximate surface area is 159 Å².